The third kappa shape index (κ3) is 4.91. The van der Waals surface area contributed by atoms with Crippen LogP contribution in [0.25, 0.3) is 0 Å². The van der Waals surface area contributed by atoms with Crippen LogP contribution in [0.3, 0.4) is 0 Å². The average Bonchev–Trinajstić information content (AvgIpc) is 3.39. The van der Waals surface area contributed by atoms with Crippen molar-refractivity contribution in [2.24, 2.45) is 0 Å². The monoisotopic (exact) mass is 436 g/mol. The number of para-hydroxylation sites is 1. The molecule has 1 saturated heterocycles. The predicted molar refractivity (Wildman–Crippen MR) is 121 cm³/mol. The molecule has 0 radical (unpaired) electrons. The number of carbonyl (C=O) groups is 2. The second-order valence-electron chi connectivity index (χ2n) is 7.53. The van der Waals surface area contributed by atoms with Gasteiger partial charge in [0.25, 0.3) is 0 Å². The molecular formula is C23H24N4O3S. The summed E-state index contributed by atoms with van der Waals surface area (Å²) in [6, 6.07) is 15.5. The van der Waals surface area contributed by atoms with Crippen LogP contribution in [0, 0.1) is 6.92 Å². The molecule has 3 aromatic rings. The highest BCUT2D eigenvalue weighted by Crippen LogP contribution is 2.35. The number of rotatable bonds is 7. The molecule has 0 bridgehead atoms. The molecule has 1 N–H and O–H groups in total. The number of amides is 2. The summed E-state index contributed by atoms with van der Waals surface area (Å²) in [5.74, 6) is 0.748. The molecule has 1 fully saturated rings. The standard InChI is InChI=1S/C23H24N4O3S/c1-15-5-3-4-6-19(15)27-14-17(13-21(27)29)22-25-26-23(31-22)24-20(28)12-9-16-7-10-18(30-2)11-8-16/h3-8,10-11,17H,9,12-14H2,1-2H3,(H,24,26,28)/t17-/m1/s1. The molecule has 1 aliphatic rings. The highest BCUT2D eigenvalue weighted by Gasteiger charge is 2.34. The van der Waals surface area contributed by atoms with Crippen LogP contribution in [-0.4, -0.2) is 35.7 Å². The van der Waals surface area contributed by atoms with E-state index in [-0.39, 0.29) is 17.7 Å². The minimum Gasteiger partial charge on any atom is -0.497 e. The van der Waals surface area contributed by atoms with Gasteiger partial charge in [-0.3, -0.25) is 9.59 Å². The lowest BCUT2D eigenvalue weighted by Gasteiger charge is -2.18. The summed E-state index contributed by atoms with van der Waals surface area (Å²) in [6.07, 6.45) is 1.38. The van der Waals surface area contributed by atoms with Crippen molar-refractivity contribution in [2.45, 2.75) is 32.1 Å². The highest BCUT2D eigenvalue weighted by molar-refractivity contribution is 7.15. The van der Waals surface area contributed by atoms with Gasteiger partial charge in [0, 0.05) is 31.0 Å². The molecule has 4 rings (SSSR count). The summed E-state index contributed by atoms with van der Waals surface area (Å²) in [6.45, 7) is 2.57. The number of anilines is 2. The zero-order valence-corrected chi connectivity index (χ0v) is 18.3. The number of aryl methyl sites for hydroxylation is 2. The third-order valence-electron chi connectivity index (χ3n) is 5.37. The lowest BCUT2D eigenvalue weighted by Crippen LogP contribution is -2.25. The number of hydrogen-bond donors (Lipinski definition) is 1. The van der Waals surface area contributed by atoms with Crippen molar-refractivity contribution in [3.8, 4) is 5.75 Å². The Morgan fingerprint density at radius 3 is 2.71 bits per heavy atom. The molecule has 0 aliphatic carbocycles. The first-order valence-electron chi connectivity index (χ1n) is 10.2. The van der Waals surface area contributed by atoms with Gasteiger partial charge in [-0.05, 0) is 42.7 Å². The average molecular weight is 437 g/mol. The van der Waals surface area contributed by atoms with Crippen LogP contribution in [0.5, 0.6) is 5.75 Å². The Kier molecular flexibility index (Phi) is 6.27. The van der Waals surface area contributed by atoms with Gasteiger partial charge < -0.3 is 15.0 Å². The summed E-state index contributed by atoms with van der Waals surface area (Å²) in [5.41, 5.74) is 3.07. The van der Waals surface area contributed by atoms with Crippen LogP contribution < -0.4 is 15.0 Å². The smallest absolute Gasteiger partial charge is 0.227 e. The van der Waals surface area contributed by atoms with Gasteiger partial charge in [-0.1, -0.05) is 41.7 Å². The van der Waals surface area contributed by atoms with E-state index in [1.54, 1.807) is 7.11 Å². The largest absolute Gasteiger partial charge is 0.497 e. The lowest BCUT2D eigenvalue weighted by molar-refractivity contribution is -0.117. The van der Waals surface area contributed by atoms with Crippen molar-refractivity contribution >= 4 is 34.0 Å². The van der Waals surface area contributed by atoms with Crippen molar-refractivity contribution in [1.29, 1.82) is 0 Å². The maximum absolute atomic E-state index is 12.6. The van der Waals surface area contributed by atoms with E-state index in [9.17, 15) is 9.59 Å². The van der Waals surface area contributed by atoms with E-state index in [2.05, 4.69) is 15.5 Å². The molecule has 0 spiro atoms. The lowest BCUT2D eigenvalue weighted by atomic mass is 10.1. The summed E-state index contributed by atoms with van der Waals surface area (Å²) in [4.78, 5) is 26.7. The molecule has 8 heteroatoms. The summed E-state index contributed by atoms with van der Waals surface area (Å²) < 4.78 is 5.15. The molecule has 7 nitrogen and oxygen atoms in total. The quantitative estimate of drug-likeness (QED) is 0.606. The number of nitrogens with one attached hydrogen (secondary N) is 1. The van der Waals surface area contributed by atoms with Gasteiger partial charge >= 0.3 is 0 Å². The van der Waals surface area contributed by atoms with E-state index in [0.29, 0.717) is 30.9 Å². The Labute approximate surface area is 185 Å². The van der Waals surface area contributed by atoms with Crippen LogP contribution >= 0.6 is 11.3 Å². The van der Waals surface area contributed by atoms with Gasteiger partial charge in [0.05, 0.1) is 7.11 Å². The molecule has 31 heavy (non-hydrogen) atoms. The second kappa shape index (κ2) is 9.26. The Balaban J connectivity index is 1.33. The van der Waals surface area contributed by atoms with E-state index < -0.39 is 0 Å². The van der Waals surface area contributed by atoms with Crippen molar-refractivity contribution < 1.29 is 14.3 Å². The maximum Gasteiger partial charge on any atom is 0.227 e. The normalized spacial score (nSPS) is 15.9. The number of ether oxygens (including phenoxy) is 1. The van der Waals surface area contributed by atoms with Gasteiger partial charge in [0.1, 0.15) is 10.8 Å². The molecule has 1 aliphatic heterocycles. The van der Waals surface area contributed by atoms with Crippen LogP contribution in [0.4, 0.5) is 10.8 Å². The molecular weight excluding hydrogens is 412 g/mol. The maximum atomic E-state index is 12.6. The Morgan fingerprint density at radius 1 is 1.19 bits per heavy atom. The van der Waals surface area contributed by atoms with Crippen LogP contribution in [0.15, 0.2) is 48.5 Å². The second-order valence-corrected chi connectivity index (χ2v) is 8.54. The number of methoxy groups -OCH3 is 1. The minimum atomic E-state index is -0.109. The van der Waals surface area contributed by atoms with Crippen molar-refractivity contribution in [3.05, 3.63) is 64.7 Å². The van der Waals surface area contributed by atoms with Crippen LogP contribution in [0.2, 0.25) is 0 Å². The summed E-state index contributed by atoms with van der Waals surface area (Å²) in [5, 5.41) is 12.4. The third-order valence-corrected chi connectivity index (χ3v) is 6.37. The first-order valence-corrected chi connectivity index (χ1v) is 11.0. The van der Waals surface area contributed by atoms with E-state index >= 15 is 0 Å². The number of benzene rings is 2. The highest BCUT2D eigenvalue weighted by atomic mass is 32.1. The SMILES string of the molecule is COc1ccc(CCC(=O)Nc2nnc([C@@H]3CC(=O)N(c4ccccc4C)C3)s2)cc1. The first kappa shape index (κ1) is 21.0. The first-order chi connectivity index (χ1) is 15.0. The van der Waals surface area contributed by atoms with Crippen molar-refractivity contribution in [1.82, 2.24) is 10.2 Å². The molecule has 1 aromatic heterocycles. The summed E-state index contributed by atoms with van der Waals surface area (Å²) >= 11 is 1.34. The van der Waals surface area contributed by atoms with E-state index in [4.69, 9.17) is 4.74 Å². The van der Waals surface area contributed by atoms with Gasteiger partial charge in [0.2, 0.25) is 16.9 Å². The fraction of sp³-hybridized carbons (Fsp3) is 0.304. The zero-order valence-electron chi connectivity index (χ0n) is 17.5. The van der Waals surface area contributed by atoms with Gasteiger partial charge in [-0.15, -0.1) is 10.2 Å². The minimum absolute atomic E-state index is 0.0189. The fourth-order valence-electron chi connectivity index (χ4n) is 3.65. The summed E-state index contributed by atoms with van der Waals surface area (Å²) in [7, 11) is 1.63. The number of nitrogens with zero attached hydrogens (tertiary/aromatic N) is 3. The number of aromatic nitrogens is 2. The van der Waals surface area contributed by atoms with Crippen molar-refractivity contribution in [3.63, 3.8) is 0 Å². The van der Waals surface area contributed by atoms with Gasteiger partial charge in [-0.25, -0.2) is 0 Å². The molecule has 2 amide bonds. The molecule has 2 heterocycles. The Morgan fingerprint density at radius 2 is 1.97 bits per heavy atom. The van der Waals surface area contributed by atoms with E-state index in [1.807, 2.05) is 60.4 Å². The Bertz CT molecular complexity index is 1080. The molecule has 0 saturated carbocycles. The molecule has 0 unspecified atom stereocenters. The molecule has 2 aromatic carbocycles. The number of carbonyl (C=O) groups excluding carboxylic acids is 2. The van der Waals surface area contributed by atoms with Gasteiger partial charge in [0.15, 0.2) is 0 Å². The molecule has 160 valence electrons. The predicted octanol–water partition coefficient (Wildman–Crippen LogP) is 3.95. The van der Waals surface area contributed by atoms with Gasteiger partial charge in [-0.2, -0.15) is 0 Å². The van der Waals surface area contributed by atoms with E-state index in [1.165, 1.54) is 11.3 Å². The zero-order chi connectivity index (χ0) is 21.8. The van der Waals surface area contributed by atoms with Crippen LogP contribution in [-0.2, 0) is 16.0 Å². The van der Waals surface area contributed by atoms with Crippen LogP contribution in [0.1, 0.15) is 34.9 Å². The Hall–Kier alpha value is -3.26. The van der Waals surface area contributed by atoms with Crippen molar-refractivity contribution in [2.75, 3.05) is 23.9 Å². The fourth-order valence-corrected chi connectivity index (χ4v) is 4.50. The topological polar surface area (TPSA) is 84.4 Å². The number of hydrogen-bond acceptors (Lipinski definition) is 6. The van der Waals surface area contributed by atoms with E-state index in [0.717, 1.165) is 27.6 Å². The molecule has 1 atom stereocenters.